The molecule has 0 aliphatic carbocycles. The summed E-state index contributed by atoms with van der Waals surface area (Å²) < 4.78 is 31.6. The van der Waals surface area contributed by atoms with Crippen LogP contribution < -0.4 is 11.6 Å². The quantitative estimate of drug-likeness (QED) is 0.328. The van der Waals surface area contributed by atoms with Gasteiger partial charge in [-0.25, -0.2) is 13.8 Å². The number of rotatable bonds is 3. The van der Waals surface area contributed by atoms with Gasteiger partial charge in [0, 0.05) is 11.1 Å². The molecule has 0 spiro atoms. The monoisotopic (exact) mass is 316 g/mol. The summed E-state index contributed by atoms with van der Waals surface area (Å²) in [4.78, 5) is 7.95. The van der Waals surface area contributed by atoms with E-state index in [4.69, 9.17) is 16.1 Å². The van der Waals surface area contributed by atoms with Gasteiger partial charge in [-0.2, -0.15) is 10.1 Å². The first kappa shape index (κ1) is 14.6. The van der Waals surface area contributed by atoms with Crippen molar-refractivity contribution in [3.63, 3.8) is 0 Å². The highest BCUT2D eigenvalue weighted by Crippen LogP contribution is 2.23. The van der Waals surface area contributed by atoms with Gasteiger partial charge < -0.3 is 16.1 Å². The Morgan fingerprint density at radius 2 is 1.96 bits per heavy atom. The molecule has 0 saturated heterocycles. The van der Waals surface area contributed by atoms with Crippen molar-refractivity contribution in [3.8, 4) is 23.0 Å². The highest BCUT2D eigenvalue weighted by Gasteiger charge is 2.14. The van der Waals surface area contributed by atoms with E-state index >= 15 is 0 Å². The molecule has 0 unspecified atom stereocenters. The van der Waals surface area contributed by atoms with Crippen LogP contribution in [0.4, 0.5) is 8.78 Å². The van der Waals surface area contributed by atoms with Crippen LogP contribution in [0.3, 0.4) is 0 Å². The molecule has 0 aliphatic rings. The number of pyridine rings is 1. The highest BCUT2D eigenvalue weighted by molar-refractivity contribution is 5.98. The van der Waals surface area contributed by atoms with E-state index in [0.29, 0.717) is 11.3 Å². The van der Waals surface area contributed by atoms with Crippen molar-refractivity contribution >= 4 is 5.84 Å². The van der Waals surface area contributed by atoms with Crippen LogP contribution in [-0.4, -0.2) is 21.0 Å². The zero-order valence-corrected chi connectivity index (χ0v) is 11.6. The van der Waals surface area contributed by atoms with Crippen molar-refractivity contribution in [3.05, 3.63) is 53.7 Å². The van der Waals surface area contributed by atoms with Crippen molar-refractivity contribution in [2.24, 2.45) is 16.7 Å². The molecule has 0 saturated carbocycles. The molecule has 4 N–H and O–H groups in total. The van der Waals surface area contributed by atoms with E-state index < -0.39 is 11.6 Å². The molecule has 1 aromatic carbocycles. The van der Waals surface area contributed by atoms with Gasteiger partial charge in [-0.1, -0.05) is 5.16 Å². The minimum Gasteiger partial charge on any atom is -0.382 e. The smallest absolute Gasteiger partial charge is 0.258 e. The topological polar surface area (TPSA) is 116 Å². The third-order valence-corrected chi connectivity index (χ3v) is 2.96. The fourth-order valence-corrected chi connectivity index (χ4v) is 1.89. The van der Waals surface area contributed by atoms with E-state index in [9.17, 15) is 8.78 Å². The zero-order valence-electron chi connectivity index (χ0n) is 11.6. The van der Waals surface area contributed by atoms with Crippen LogP contribution in [0.15, 0.2) is 46.2 Å². The van der Waals surface area contributed by atoms with Crippen LogP contribution in [0.1, 0.15) is 5.56 Å². The zero-order chi connectivity index (χ0) is 16.4. The van der Waals surface area contributed by atoms with Crippen LogP contribution in [0.25, 0.3) is 23.0 Å². The van der Waals surface area contributed by atoms with E-state index in [1.807, 2.05) is 0 Å². The standard InChI is InChI=1S/C14H10F2N6O/c15-9-1-2-11(19-6-9)13-20-14(23-22-13)8-3-7(12(17)21-18)4-10(16)5-8/h1-6H,18H2,(H2,17,21). The normalized spacial score (nSPS) is 11.7. The average molecular weight is 316 g/mol. The Hall–Kier alpha value is -3.36. The maximum Gasteiger partial charge on any atom is 0.258 e. The summed E-state index contributed by atoms with van der Waals surface area (Å²) in [6, 6.07) is 6.50. The summed E-state index contributed by atoms with van der Waals surface area (Å²) in [5.41, 5.74) is 6.47. The Kier molecular flexibility index (Phi) is 3.67. The molecule has 0 amide bonds. The molecule has 3 rings (SSSR count). The van der Waals surface area contributed by atoms with Crippen molar-refractivity contribution in [1.82, 2.24) is 15.1 Å². The third kappa shape index (κ3) is 2.98. The summed E-state index contributed by atoms with van der Waals surface area (Å²) in [5.74, 6) is 4.20. The lowest BCUT2D eigenvalue weighted by Gasteiger charge is -2.02. The predicted octanol–water partition coefficient (Wildman–Crippen LogP) is 1.66. The van der Waals surface area contributed by atoms with Gasteiger partial charge in [0.2, 0.25) is 5.82 Å². The second kappa shape index (κ2) is 5.79. The molecule has 2 aromatic heterocycles. The number of hydrogen-bond donors (Lipinski definition) is 2. The van der Waals surface area contributed by atoms with Crippen molar-refractivity contribution in [1.29, 1.82) is 0 Å². The third-order valence-electron chi connectivity index (χ3n) is 2.96. The number of nitrogens with zero attached hydrogens (tertiary/aromatic N) is 4. The van der Waals surface area contributed by atoms with Crippen LogP contribution in [0.5, 0.6) is 0 Å². The van der Waals surface area contributed by atoms with Crippen molar-refractivity contribution in [2.45, 2.75) is 0 Å². The van der Waals surface area contributed by atoms with Gasteiger partial charge in [-0.05, 0) is 30.3 Å². The molecule has 116 valence electrons. The summed E-state index contributed by atoms with van der Waals surface area (Å²) >= 11 is 0. The molecule has 0 fully saturated rings. The van der Waals surface area contributed by atoms with Crippen LogP contribution >= 0.6 is 0 Å². The number of nitrogens with two attached hydrogens (primary N) is 2. The van der Waals surface area contributed by atoms with E-state index in [1.165, 1.54) is 30.3 Å². The van der Waals surface area contributed by atoms with Gasteiger partial charge >= 0.3 is 0 Å². The van der Waals surface area contributed by atoms with E-state index in [0.717, 1.165) is 6.20 Å². The Morgan fingerprint density at radius 1 is 1.13 bits per heavy atom. The number of hydrogen-bond acceptors (Lipinski definition) is 6. The van der Waals surface area contributed by atoms with E-state index in [1.54, 1.807) is 0 Å². The number of benzene rings is 1. The van der Waals surface area contributed by atoms with Crippen molar-refractivity contribution < 1.29 is 13.3 Å². The summed E-state index contributed by atoms with van der Waals surface area (Å²) in [6.07, 6.45) is 1.03. The predicted molar refractivity (Wildman–Crippen MR) is 77.8 cm³/mol. The molecule has 3 aromatic rings. The lowest BCUT2D eigenvalue weighted by atomic mass is 10.1. The molecule has 0 aliphatic heterocycles. The maximum atomic E-state index is 13.7. The number of amidine groups is 1. The summed E-state index contributed by atoms with van der Waals surface area (Å²) in [5, 5.41) is 7.05. The van der Waals surface area contributed by atoms with Crippen LogP contribution in [-0.2, 0) is 0 Å². The van der Waals surface area contributed by atoms with Gasteiger partial charge in [0.15, 0.2) is 0 Å². The van der Waals surface area contributed by atoms with Gasteiger partial charge in [-0.3, -0.25) is 0 Å². The van der Waals surface area contributed by atoms with Crippen molar-refractivity contribution in [2.75, 3.05) is 0 Å². The van der Waals surface area contributed by atoms with Crippen LogP contribution in [0, 0.1) is 11.6 Å². The molecule has 9 heteroatoms. The lowest BCUT2D eigenvalue weighted by molar-refractivity contribution is 0.431. The molecular weight excluding hydrogens is 306 g/mol. The fraction of sp³-hybridized carbons (Fsp3) is 0. The van der Waals surface area contributed by atoms with Gasteiger partial charge in [0.1, 0.15) is 23.2 Å². The molecule has 23 heavy (non-hydrogen) atoms. The second-order valence-electron chi connectivity index (χ2n) is 4.53. The molecule has 0 radical (unpaired) electrons. The highest BCUT2D eigenvalue weighted by atomic mass is 19.1. The maximum absolute atomic E-state index is 13.7. The minimum absolute atomic E-state index is 0.0364. The van der Waals surface area contributed by atoms with Gasteiger partial charge in [0.05, 0.1) is 6.20 Å². The molecule has 0 atom stereocenters. The molecule has 0 bridgehead atoms. The average Bonchev–Trinajstić information content (AvgIpc) is 3.04. The van der Waals surface area contributed by atoms with E-state index in [-0.39, 0.29) is 23.1 Å². The van der Waals surface area contributed by atoms with Crippen LogP contribution in [0.2, 0.25) is 0 Å². The summed E-state index contributed by atoms with van der Waals surface area (Å²) in [7, 11) is 0. The SMILES string of the molecule is N/N=C(\N)c1cc(F)cc(-c2nc(-c3ccc(F)cn3)no2)c1. The lowest BCUT2D eigenvalue weighted by Crippen LogP contribution is -2.15. The number of hydrazone groups is 1. The Balaban J connectivity index is 2.00. The molecule has 2 heterocycles. The number of aromatic nitrogens is 3. The van der Waals surface area contributed by atoms with Gasteiger partial charge in [-0.15, -0.1) is 0 Å². The Labute approximate surface area is 128 Å². The van der Waals surface area contributed by atoms with E-state index in [2.05, 4.69) is 20.2 Å². The first-order valence-corrected chi connectivity index (χ1v) is 6.37. The minimum atomic E-state index is -0.566. The second-order valence-corrected chi connectivity index (χ2v) is 4.53. The largest absolute Gasteiger partial charge is 0.382 e. The summed E-state index contributed by atoms with van der Waals surface area (Å²) in [6.45, 7) is 0. The molecular formula is C14H10F2N6O. The Bertz CT molecular complexity index is 875. The fourth-order valence-electron chi connectivity index (χ4n) is 1.89. The first-order valence-electron chi connectivity index (χ1n) is 6.37. The van der Waals surface area contributed by atoms with Gasteiger partial charge in [0.25, 0.3) is 5.89 Å². The Morgan fingerprint density at radius 3 is 2.65 bits per heavy atom. The first-order chi connectivity index (χ1) is 11.1. The molecule has 7 nitrogen and oxygen atoms in total. The number of halogens is 2.